The summed E-state index contributed by atoms with van der Waals surface area (Å²) in [7, 11) is 4.06. The first kappa shape index (κ1) is 40.2. The summed E-state index contributed by atoms with van der Waals surface area (Å²) in [5, 5.41) is 7.52. The molecule has 1 unspecified atom stereocenters. The van der Waals surface area contributed by atoms with Crippen LogP contribution in [0, 0.1) is 5.92 Å². The number of hydrogen-bond acceptors (Lipinski definition) is 9. The van der Waals surface area contributed by atoms with Crippen molar-refractivity contribution in [2.45, 2.75) is 83.1 Å². The third kappa shape index (κ3) is 8.08. The normalized spacial score (nSPS) is 18.9. The Hall–Kier alpha value is -5.96. The Morgan fingerprint density at radius 3 is 1.97 bits per heavy atom. The molecular weight excluding hydrogens is 741 g/mol. The van der Waals surface area contributed by atoms with Crippen LogP contribution in [0.5, 0.6) is 0 Å². The number of hydrogen-bond donors (Lipinski definition) is 4. The maximum absolute atomic E-state index is 13.8. The van der Waals surface area contributed by atoms with E-state index in [2.05, 4.69) is 69.1 Å². The first-order valence-corrected chi connectivity index (χ1v) is 19.9. The smallest absolute Gasteiger partial charge is 0.407 e. The molecule has 0 aliphatic carbocycles. The van der Waals surface area contributed by atoms with E-state index in [1.165, 1.54) is 21.3 Å². The van der Waals surface area contributed by atoms with Crippen molar-refractivity contribution in [3.8, 4) is 22.4 Å². The Balaban J connectivity index is 1.07. The lowest BCUT2D eigenvalue weighted by Gasteiger charge is -2.30. The van der Waals surface area contributed by atoms with E-state index in [1.54, 1.807) is 18.0 Å². The molecule has 2 aromatic heterocycles. The molecule has 3 aromatic carbocycles. The van der Waals surface area contributed by atoms with Crippen molar-refractivity contribution in [2.24, 2.45) is 5.92 Å². The highest BCUT2D eigenvalue weighted by atomic mass is 16.5. The molecule has 6 atom stereocenters. The van der Waals surface area contributed by atoms with Crippen molar-refractivity contribution in [2.75, 3.05) is 34.4 Å². The van der Waals surface area contributed by atoms with Crippen LogP contribution in [0.1, 0.15) is 76.6 Å². The van der Waals surface area contributed by atoms with Crippen LogP contribution in [-0.2, 0) is 23.8 Å². The van der Waals surface area contributed by atoms with Crippen molar-refractivity contribution in [3.05, 3.63) is 72.4 Å². The molecule has 0 radical (unpaired) electrons. The van der Waals surface area contributed by atoms with Crippen LogP contribution in [0.15, 0.2) is 60.8 Å². The van der Waals surface area contributed by atoms with Gasteiger partial charge in [0, 0.05) is 25.8 Å². The Labute approximate surface area is 337 Å². The van der Waals surface area contributed by atoms with Gasteiger partial charge in [-0.1, -0.05) is 50.6 Å². The second-order valence-corrected chi connectivity index (χ2v) is 15.2. The van der Waals surface area contributed by atoms with E-state index < -0.39 is 30.4 Å². The van der Waals surface area contributed by atoms with Crippen molar-refractivity contribution >= 4 is 45.8 Å². The number of rotatable bonds is 12. The summed E-state index contributed by atoms with van der Waals surface area (Å²) in [6.07, 6.45) is 3.83. The lowest BCUT2D eigenvalue weighted by atomic mass is 9.97. The third-order valence-electron chi connectivity index (χ3n) is 11.8. The lowest BCUT2D eigenvalue weighted by molar-refractivity contribution is -0.137. The Kier molecular flexibility index (Phi) is 12.0. The molecule has 7 rings (SSSR count). The van der Waals surface area contributed by atoms with Gasteiger partial charge in [0.15, 0.2) is 0 Å². The number of alkyl carbamates (subject to hydrolysis) is 2. The van der Waals surface area contributed by atoms with Gasteiger partial charge in [-0.15, -0.1) is 0 Å². The maximum Gasteiger partial charge on any atom is 0.407 e. The summed E-state index contributed by atoms with van der Waals surface area (Å²) in [4.78, 5) is 71.8. The minimum atomic E-state index is -0.900. The number of H-pyrrole nitrogens is 2. The molecule has 15 nitrogen and oxygen atoms in total. The van der Waals surface area contributed by atoms with Gasteiger partial charge in [0.25, 0.3) is 0 Å². The number of likely N-dealkylation sites (tertiary alicyclic amines) is 2. The number of aromatic amines is 2. The standard InChI is InChI=1S/C43H52N8O7/c1-7-24(2)36(48-42(54)57-5)40(52)51-19-9-11-35(51)39-45-31-17-16-29(22-32(31)46-39)27-12-13-28-21-30(15-14-26(28)20-27)33-23-44-38(47-33)34-10-8-18-50(34)41(53)37(25(3)56-4)49-43(55)58-6/h12-17,20-25,34-37H,7-11,18-19H2,1-6H3,(H,44,47)(H,45,46)(H,48,54)(H,49,55)/t24-,25+,34-,35?,36-,37-/m0/s1. The van der Waals surface area contributed by atoms with E-state index in [0.29, 0.717) is 18.9 Å². The van der Waals surface area contributed by atoms with Crippen molar-refractivity contribution in [1.82, 2.24) is 40.4 Å². The van der Waals surface area contributed by atoms with Crippen molar-refractivity contribution in [1.29, 1.82) is 0 Å². The SMILES string of the molecule is CC[C@H](C)[C@H](NC(=O)OC)C(=O)N1CCCC1c1nc2ccc(-c3ccc4cc(-c5cnc([C@@H]6CCCN6C(=O)[C@@H](NC(=O)OC)[C@@H](C)OC)[nH]5)ccc4c3)cc2[nH]1. The highest BCUT2D eigenvalue weighted by molar-refractivity contribution is 5.92. The fraction of sp³-hybridized carbons (Fsp3) is 0.442. The molecule has 2 saturated heterocycles. The van der Waals surface area contributed by atoms with E-state index in [-0.39, 0.29) is 29.8 Å². The number of methoxy groups -OCH3 is 3. The van der Waals surface area contributed by atoms with Crippen LogP contribution in [0.3, 0.4) is 0 Å². The fourth-order valence-electron chi connectivity index (χ4n) is 8.17. The number of fused-ring (bicyclic) bond motifs is 2. The van der Waals surface area contributed by atoms with Gasteiger partial charge >= 0.3 is 12.2 Å². The summed E-state index contributed by atoms with van der Waals surface area (Å²) in [6.45, 7) is 6.83. The van der Waals surface area contributed by atoms with E-state index in [9.17, 15) is 19.2 Å². The molecule has 0 bridgehead atoms. The van der Waals surface area contributed by atoms with E-state index in [1.807, 2.05) is 24.8 Å². The fourth-order valence-corrected chi connectivity index (χ4v) is 8.17. The molecule has 0 spiro atoms. The molecule has 58 heavy (non-hydrogen) atoms. The number of carbonyl (C=O) groups is 4. The number of benzene rings is 3. The number of carbonyl (C=O) groups excluding carboxylic acids is 4. The molecule has 2 aliphatic heterocycles. The monoisotopic (exact) mass is 792 g/mol. The van der Waals surface area contributed by atoms with Gasteiger partial charge in [-0.05, 0) is 84.7 Å². The number of nitrogens with zero attached hydrogens (tertiary/aromatic N) is 4. The van der Waals surface area contributed by atoms with Crippen molar-refractivity contribution in [3.63, 3.8) is 0 Å². The summed E-state index contributed by atoms with van der Waals surface area (Å²) in [5.41, 5.74) is 5.60. The molecule has 4 N–H and O–H groups in total. The van der Waals surface area contributed by atoms with Gasteiger partial charge in [0.2, 0.25) is 11.8 Å². The molecular formula is C43H52N8O7. The molecule has 2 aliphatic rings. The van der Waals surface area contributed by atoms with Gasteiger partial charge in [-0.3, -0.25) is 9.59 Å². The van der Waals surface area contributed by atoms with Crippen LogP contribution in [0.25, 0.3) is 44.2 Å². The third-order valence-corrected chi connectivity index (χ3v) is 11.8. The Morgan fingerprint density at radius 2 is 1.33 bits per heavy atom. The van der Waals surface area contributed by atoms with Gasteiger partial charge in [0.05, 0.1) is 55.3 Å². The summed E-state index contributed by atoms with van der Waals surface area (Å²) < 4.78 is 15.0. The largest absolute Gasteiger partial charge is 0.453 e. The molecule has 2 fully saturated rings. The Bertz CT molecular complexity index is 2300. The van der Waals surface area contributed by atoms with Gasteiger partial charge in [0.1, 0.15) is 23.7 Å². The highest BCUT2D eigenvalue weighted by Gasteiger charge is 2.40. The molecule has 0 saturated carbocycles. The second-order valence-electron chi connectivity index (χ2n) is 15.2. The molecule has 4 heterocycles. The summed E-state index contributed by atoms with van der Waals surface area (Å²) in [6, 6.07) is 16.7. The average molecular weight is 793 g/mol. The van der Waals surface area contributed by atoms with Gasteiger partial charge in [-0.2, -0.15) is 0 Å². The second kappa shape index (κ2) is 17.3. The van der Waals surface area contributed by atoms with E-state index in [4.69, 9.17) is 24.2 Å². The Morgan fingerprint density at radius 1 is 0.759 bits per heavy atom. The van der Waals surface area contributed by atoms with Crippen LogP contribution >= 0.6 is 0 Å². The number of ether oxygens (including phenoxy) is 3. The minimum Gasteiger partial charge on any atom is -0.453 e. The zero-order chi connectivity index (χ0) is 41.1. The summed E-state index contributed by atoms with van der Waals surface area (Å²) >= 11 is 0. The average Bonchev–Trinajstić information content (AvgIpc) is 4.09. The molecule has 15 heteroatoms. The molecule has 306 valence electrons. The minimum absolute atomic E-state index is 0.0613. The van der Waals surface area contributed by atoms with Crippen LogP contribution in [0.2, 0.25) is 0 Å². The number of aromatic nitrogens is 4. The van der Waals surface area contributed by atoms with Crippen LogP contribution in [-0.4, -0.2) is 106 Å². The van der Waals surface area contributed by atoms with Crippen LogP contribution in [0.4, 0.5) is 9.59 Å². The van der Waals surface area contributed by atoms with E-state index >= 15 is 0 Å². The first-order chi connectivity index (χ1) is 28.0. The first-order valence-electron chi connectivity index (χ1n) is 19.9. The number of amides is 4. The van der Waals surface area contributed by atoms with Gasteiger partial charge < -0.3 is 44.6 Å². The molecule has 4 amide bonds. The van der Waals surface area contributed by atoms with E-state index in [0.717, 1.165) is 82.1 Å². The molecule has 5 aromatic rings. The zero-order valence-electron chi connectivity index (χ0n) is 33.8. The highest BCUT2D eigenvalue weighted by Crippen LogP contribution is 2.36. The maximum atomic E-state index is 13.8. The predicted molar refractivity (Wildman–Crippen MR) is 219 cm³/mol. The van der Waals surface area contributed by atoms with Gasteiger partial charge in [-0.25, -0.2) is 19.6 Å². The van der Waals surface area contributed by atoms with Crippen LogP contribution < -0.4 is 10.6 Å². The predicted octanol–water partition coefficient (Wildman–Crippen LogP) is 6.63. The zero-order valence-corrected chi connectivity index (χ0v) is 33.8. The number of nitrogens with one attached hydrogen (secondary N) is 4. The lowest BCUT2D eigenvalue weighted by Crippen LogP contribution is -2.54. The quantitative estimate of drug-likeness (QED) is 0.108. The topological polar surface area (TPSA) is 184 Å². The summed E-state index contributed by atoms with van der Waals surface area (Å²) in [5.74, 6) is 0.991. The number of imidazole rings is 2. The van der Waals surface area contributed by atoms with Crippen molar-refractivity contribution < 1.29 is 33.4 Å².